The second-order valence-electron chi connectivity index (χ2n) is 4.26. The number of hydrogen-bond donors (Lipinski definition) is 1. The molecular weight excluding hydrogens is 310 g/mol. The molecule has 1 atom stereocenters. The first-order chi connectivity index (χ1) is 8.66. The van der Waals surface area contributed by atoms with Crippen LogP contribution in [0, 0.1) is 0 Å². The van der Waals surface area contributed by atoms with E-state index >= 15 is 0 Å². The third-order valence-electron chi connectivity index (χ3n) is 2.63. The maximum absolute atomic E-state index is 9.63. The molecule has 0 saturated heterocycles. The molecule has 0 bridgehead atoms. The molecule has 1 aromatic carbocycles. The minimum absolute atomic E-state index is 0.344. The molecule has 2 nitrogen and oxygen atoms in total. The molecule has 4 heteroatoms. The van der Waals surface area contributed by atoms with Crippen LogP contribution >= 0.6 is 27.3 Å². The lowest BCUT2D eigenvalue weighted by atomic mass is 10.2. The minimum Gasteiger partial charge on any atom is -0.392 e. The van der Waals surface area contributed by atoms with Crippen molar-refractivity contribution in [1.82, 2.24) is 0 Å². The predicted octanol–water partition coefficient (Wildman–Crippen LogP) is 3.90. The average molecular weight is 326 g/mol. The quantitative estimate of drug-likeness (QED) is 0.901. The normalized spacial score (nSPS) is 12.4. The summed E-state index contributed by atoms with van der Waals surface area (Å²) in [5.74, 6) is 0. The van der Waals surface area contributed by atoms with E-state index in [0.29, 0.717) is 6.54 Å². The first kappa shape index (κ1) is 13.6. The molecule has 0 radical (unpaired) electrons. The van der Waals surface area contributed by atoms with Crippen LogP contribution in [-0.2, 0) is 6.54 Å². The van der Waals surface area contributed by atoms with E-state index in [-0.39, 0.29) is 6.10 Å². The van der Waals surface area contributed by atoms with Crippen LogP contribution in [0.3, 0.4) is 0 Å². The van der Waals surface area contributed by atoms with E-state index in [1.165, 1.54) is 4.88 Å². The van der Waals surface area contributed by atoms with Gasteiger partial charge in [0.05, 0.1) is 12.6 Å². The van der Waals surface area contributed by atoms with Crippen LogP contribution in [0.1, 0.15) is 11.8 Å². The van der Waals surface area contributed by atoms with Crippen molar-refractivity contribution in [3.05, 3.63) is 51.1 Å². The third kappa shape index (κ3) is 3.57. The van der Waals surface area contributed by atoms with Crippen LogP contribution in [0.5, 0.6) is 0 Å². The van der Waals surface area contributed by atoms with Gasteiger partial charge in [-0.05, 0) is 46.4 Å². The van der Waals surface area contributed by atoms with E-state index in [0.717, 1.165) is 16.7 Å². The van der Waals surface area contributed by atoms with E-state index in [1.807, 2.05) is 25.1 Å². The van der Waals surface area contributed by atoms with E-state index < -0.39 is 0 Å². The standard InChI is InChI=1S/C14H16BrNOS/c1-11(17)9-16(12-5-3-2-4-6-12)10-14-13(15)7-8-18-14/h2-8,11,17H,9-10H2,1H3. The van der Waals surface area contributed by atoms with Crippen molar-refractivity contribution in [2.45, 2.75) is 19.6 Å². The highest BCUT2D eigenvalue weighted by molar-refractivity contribution is 9.10. The third-order valence-corrected chi connectivity index (χ3v) is 4.54. The first-order valence-electron chi connectivity index (χ1n) is 5.86. The molecule has 1 N–H and O–H groups in total. The molecule has 0 aliphatic heterocycles. The summed E-state index contributed by atoms with van der Waals surface area (Å²) in [5.41, 5.74) is 1.14. The Bertz CT molecular complexity index is 484. The fraction of sp³-hybridized carbons (Fsp3) is 0.286. The minimum atomic E-state index is -0.344. The second-order valence-corrected chi connectivity index (χ2v) is 6.11. The summed E-state index contributed by atoms with van der Waals surface area (Å²) >= 11 is 5.28. The number of benzene rings is 1. The van der Waals surface area contributed by atoms with Crippen LogP contribution in [0.4, 0.5) is 5.69 Å². The van der Waals surface area contributed by atoms with Gasteiger partial charge in [0.25, 0.3) is 0 Å². The van der Waals surface area contributed by atoms with Crippen molar-refractivity contribution >= 4 is 33.0 Å². The Balaban J connectivity index is 2.18. The topological polar surface area (TPSA) is 23.5 Å². The second kappa shape index (κ2) is 6.36. The maximum Gasteiger partial charge on any atom is 0.0687 e. The summed E-state index contributed by atoms with van der Waals surface area (Å²) in [6.45, 7) is 3.26. The number of rotatable bonds is 5. The molecule has 0 saturated carbocycles. The summed E-state index contributed by atoms with van der Waals surface area (Å²) in [6.07, 6.45) is -0.344. The molecule has 0 spiro atoms. The fourth-order valence-corrected chi connectivity index (χ4v) is 3.32. The van der Waals surface area contributed by atoms with E-state index in [9.17, 15) is 5.11 Å². The van der Waals surface area contributed by atoms with Gasteiger partial charge in [-0.25, -0.2) is 0 Å². The monoisotopic (exact) mass is 325 g/mol. The predicted molar refractivity (Wildman–Crippen MR) is 81.2 cm³/mol. The van der Waals surface area contributed by atoms with Gasteiger partial charge < -0.3 is 10.0 Å². The molecule has 1 heterocycles. The van der Waals surface area contributed by atoms with Crippen molar-refractivity contribution in [3.8, 4) is 0 Å². The van der Waals surface area contributed by atoms with Gasteiger partial charge in [-0.2, -0.15) is 0 Å². The molecule has 0 aliphatic rings. The zero-order valence-electron chi connectivity index (χ0n) is 10.2. The summed E-state index contributed by atoms with van der Waals surface area (Å²) < 4.78 is 1.14. The molecule has 96 valence electrons. The molecule has 0 aliphatic carbocycles. The van der Waals surface area contributed by atoms with E-state index in [1.54, 1.807) is 11.3 Å². The molecule has 1 unspecified atom stereocenters. The van der Waals surface area contributed by atoms with Crippen molar-refractivity contribution in [2.75, 3.05) is 11.4 Å². The van der Waals surface area contributed by atoms with Crippen molar-refractivity contribution in [3.63, 3.8) is 0 Å². The molecule has 2 rings (SSSR count). The fourth-order valence-electron chi connectivity index (χ4n) is 1.83. The Morgan fingerprint density at radius 1 is 1.28 bits per heavy atom. The molecule has 0 amide bonds. The largest absolute Gasteiger partial charge is 0.392 e. The van der Waals surface area contributed by atoms with E-state index in [4.69, 9.17) is 0 Å². The van der Waals surface area contributed by atoms with Crippen LogP contribution in [0.25, 0.3) is 0 Å². The van der Waals surface area contributed by atoms with Gasteiger partial charge in [0.2, 0.25) is 0 Å². The number of hydrogen-bond acceptors (Lipinski definition) is 3. The van der Waals surface area contributed by atoms with Crippen LogP contribution in [0.2, 0.25) is 0 Å². The number of aliphatic hydroxyl groups excluding tert-OH is 1. The highest BCUT2D eigenvalue weighted by Crippen LogP contribution is 2.26. The Hall–Kier alpha value is -0.840. The van der Waals surface area contributed by atoms with E-state index in [2.05, 4.69) is 44.4 Å². The van der Waals surface area contributed by atoms with Crippen molar-refractivity contribution in [1.29, 1.82) is 0 Å². The lowest BCUT2D eigenvalue weighted by molar-refractivity contribution is 0.199. The Labute approximate surface area is 120 Å². The molecular formula is C14H16BrNOS. The number of anilines is 1. The summed E-state index contributed by atoms with van der Waals surface area (Å²) in [6, 6.07) is 12.3. The van der Waals surface area contributed by atoms with Crippen molar-refractivity contribution < 1.29 is 5.11 Å². The van der Waals surface area contributed by atoms with Crippen LogP contribution < -0.4 is 4.90 Å². The Morgan fingerprint density at radius 2 is 2.00 bits per heavy atom. The van der Waals surface area contributed by atoms with Gasteiger partial charge in [-0.15, -0.1) is 11.3 Å². The molecule has 2 aromatic rings. The lowest BCUT2D eigenvalue weighted by Gasteiger charge is -2.25. The van der Waals surface area contributed by atoms with Gasteiger partial charge in [0.15, 0.2) is 0 Å². The van der Waals surface area contributed by atoms with Crippen LogP contribution in [-0.4, -0.2) is 17.8 Å². The number of nitrogens with zero attached hydrogens (tertiary/aromatic N) is 1. The smallest absolute Gasteiger partial charge is 0.0687 e. The summed E-state index contributed by atoms with van der Waals surface area (Å²) in [4.78, 5) is 3.47. The summed E-state index contributed by atoms with van der Waals surface area (Å²) in [5, 5.41) is 11.7. The van der Waals surface area contributed by atoms with Crippen LogP contribution in [0.15, 0.2) is 46.3 Å². The van der Waals surface area contributed by atoms with Crippen molar-refractivity contribution in [2.24, 2.45) is 0 Å². The average Bonchev–Trinajstić information content (AvgIpc) is 2.75. The number of thiophene rings is 1. The first-order valence-corrected chi connectivity index (χ1v) is 7.54. The molecule has 18 heavy (non-hydrogen) atoms. The Kier molecular flexibility index (Phi) is 4.80. The zero-order valence-corrected chi connectivity index (χ0v) is 12.6. The Morgan fingerprint density at radius 3 is 2.56 bits per heavy atom. The molecule has 0 fully saturated rings. The van der Waals surface area contributed by atoms with Gasteiger partial charge >= 0.3 is 0 Å². The van der Waals surface area contributed by atoms with Gasteiger partial charge in [-0.3, -0.25) is 0 Å². The maximum atomic E-state index is 9.63. The highest BCUT2D eigenvalue weighted by Gasteiger charge is 2.12. The SMILES string of the molecule is CC(O)CN(Cc1sccc1Br)c1ccccc1. The lowest BCUT2D eigenvalue weighted by Crippen LogP contribution is -2.30. The molecule has 1 aromatic heterocycles. The number of halogens is 1. The number of aliphatic hydroxyl groups is 1. The highest BCUT2D eigenvalue weighted by atomic mass is 79.9. The van der Waals surface area contributed by atoms with Gasteiger partial charge in [0, 0.05) is 21.6 Å². The van der Waals surface area contributed by atoms with Gasteiger partial charge in [0.1, 0.15) is 0 Å². The summed E-state index contributed by atoms with van der Waals surface area (Å²) in [7, 11) is 0. The number of para-hydroxylation sites is 1. The van der Waals surface area contributed by atoms with Gasteiger partial charge in [-0.1, -0.05) is 18.2 Å². The zero-order chi connectivity index (χ0) is 13.0.